The van der Waals surface area contributed by atoms with Gasteiger partial charge in [-0.15, -0.1) is 11.3 Å². The van der Waals surface area contributed by atoms with Crippen molar-refractivity contribution in [2.45, 2.75) is 17.2 Å². The van der Waals surface area contributed by atoms with Crippen LogP contribution in [-0.4, -0.2) is 45.5 Å². The van der Waals surface area contributed by atoms with E-state index in [1.807, 2.05) is 30.3 Å². The van der Waals surface area contributed by atoms with Gasteiger partial charge in [0, 0.05) is 24.5 Å². The average molecular weight is 380 g/mol. The van der Waals surface area contributed by atoms with Gasteiger partial charge in [-0.05, 0) is 17.7 Å². The molecule has 3 rings (SSSR count). The molecule has 1 saturated heterocycles. The summed E-state index contributed by atoms with van der Waals surface area (Å²) >= 11 is 1.14. The molecule has 8 heteroatoms. The highest BCUT2D eigenvalue weighted by Gasteiger charge is 2.20. The minimum atomic E-state index is -3.57. The molecular weight excluding hydrogens is 360 g/mol. The first kappa shape index (κ1) is 18.1. The van der Waals surface area contributed by atoms with Crippen molar-refractivity contribution < 1.29 is 17.9 Å². The standard InChI is InChI=1S/C17H20N2O4S2/c20-16(19-8-10-23-11-9-19)12-15-6-7-17(24-15)25(21,22)18-13-14-4-2-1-3-5-14/h1-7,18H,8-13H2. The maximum atomic E-state index is 12.4. The highest BCUT2D eigenvalue weighted by atomic mass is 32.2. The van der Waals surface area contributed by atoms with E-state index >= 15 is 0 Å². The van der Waals surface area contributed by atoms with E-state index in [4.69, 9.17) is 4.74 Å². The molecule has 2 aromatic rings. The summed E-state index contributed by atoms with van der Waals surface area (Å²) in [6.07, 6.45) is 0.221. The van der Waals surface area contributed by atoms with E-state index in [9.17, 15) is 13.2 Å². The SMILES string of the molecule is O=C(Cc1ccc(S(=O)(=O)NCc2ccccc2)s1)N1CCOCC1. The molecule has 0 saturated carbocycles. The molecule has 1 aromatic heterocycles. The van der Waals surface area contributed by atoms with Gasteiger partial charge in [0.2, 0.25) is 15.9 Å². The lowest BCUT2D eigenvalue weighted by atomic mass is 10.2. The predicted octanol–water partition coefficient (Wildman–Crippen LogP) is 1.63. The van der Waals surface area contributed by atoms with Crippen LogP contribution in [0.25, 0.3) is 0 Å². The van der Waals surface area contributed by atoms with Crippen LogP contribution < -0.4 is 4.72 Å². The Balaban J connectivity index is 1.60. The first-order chi connectivity index (χ1) is 12.0. The van der Waals surface area contributed by atoms with Gasteiger partial charge in [-0.3, -0.25) is 4.79 Å². The van der Waals surface area contributed by atoms with Gasteiger partial charge in [-0.1, -0.05) is 30.3 Å². The molecule has 0 spiro atoms. The van der Waals surface area contributed by atoms with E-state index in [-0.39, 0.29) is 23.1 Å². The third-order valence-electron chi connectivity index (χ3n) is 3.90. The molecule has 1 aromatic carbocycles. The smallest absolute Gasteiger partial charge is 0.250 e. The van der Waals surface area contributed by atoms with E-state index in [1.54, 1.807) is 17.0 Å². The summed E-state index contributed by atoms with van der Waals surface area (Å²) in [6, 6.07) is 12.6. The van der Waals surface area contributed by atoms with Crippen LogP contribution in [0.5, 0.6) is 0 Å². The fraction of sp³-hybridized carbons (Fsp3) is 0.353. The molecule has 134 valence electrons. The van der Waals surface area contributed by atoms with Crippen LogP contribution in [0.2, 0.25) is 0 Å². The predicted molar refractivity (Wildman–Crippen MR) is 95.9 cm³/mol. The van der Waals surface area contributed by atoms with Crippen molar-refractivity contribution in [2.24, 2.45) is 0 Å². The van der Waals surface area contributed by atoms with Gasteiger partial charge in [0.1, 0.15) is 4.21 Å². The minimum Gasteiger partial charge on any atom is -0.378 e. The van der Waals surface area contributed by atoms with Crippen molar-refractivity contribution >= 4 is 27.3 Å². The summed E-state index contributed by atoms with van der Waals surface area (Å²) < 4.78 is 32.8. The van der Waals surface area contributed by atoms with Crippen LogP contribution in [0, 0.1) is 0 Å². The van der Waals surface area contributed by atoms with Crippen molar-refractivity contribution in [1.82, 2.24) is 9.62 Å². The van der Waals surface area contributed by atoms with Gasteiger partial charge in [0.15, 0.2) is 0 Å². The number of ether oxygens (including phenoxy) is 1. The number of nitrogens with zero attached hydrogens (tertiary/aromatic N) is 1. The molecule has 0 atom stereocenters. The molecule has 1 N–H and O–H groups in total. The number of carbonyl (C=O) groups excluding carboxylic acids is 1. The summed E-state index contributed by atoms with van der Waals surface area (Å²) in [5, 5.41) is 0. The molecule has 2 heterocycles. The summed E-state index contributed by atoms with van der Waals surface area (Å²) in [7, 11) is -3.57. The van der Waals surface area contributed by atoms with Gasteiger partial charge in [-0.25, -0.2) is 13.1 Å². The van der Waals surface area contributed by atoms with Gasteiger partial charge in [-0.2, -0.15) is 0 Å². The highest BCUT2D eigenvalue weighted by molar-refractivity contribution is 7.91. The topological polar surface area (TPSA) is 75.7 Å². The number of carbonyl (C=O) groups is 1. The maximum Gasteiger partial charge on any atom is 0.250 e. The molecule has 6 nitrogen and oxygen atoms in total. The van der Waals surface area contributed by atoms with E-state index in [1.165, 1.54) is 0 Å². The van der Waals surface area contributed by atoms with Gasteiger partial charge >= 0.3 is 0 Å². The summed E-state index contributed by atoms with van der Waals surface area (Å²) in [4.78, 5) is 14.8. The fourth-order valence-corrected chi connectivity index (χ4v) is 4.93. The summed E-state index contributed by atoms with van der Waals surface area (Å²) in [5.41, 5.74) is 0.894. The van der Waals surface area contributed by atoms with E-state index in [0.29, 0.717) is 26.3 Å². The van der Waals surface area contributed by atoms with Crippen LogP contribution in [0.15, 0.2) is 46.7 Å². The van der Waals surface area contributed by atoms with Crippen LogP contribution in [-0.2, 0) is 32.5 Å². The lowest BCUT2D eigenvalue weighted by Gasteiger charge is -2.26. The zero-order valence-electron chi connectivity index (χ0n) is 13.7. The Kier molecular flexibility index (Phi) is 5.85. The van der Waals surface area contributed by atoms with Crippen LogP contribution >= 0.6 is 11.3 Å². The number of nitrogens with one attached hydrogen (secondary N) is 1. The monoisotopic (exact) mass is 380 g/mol. The third-order valence-corrected chi connectivity index (χ3v) is 6.88. The van der Waals surface area contributed by atoms with Gasteiger partial charge in [0.25, 0.3) is 0 Å². The van der Waals surface area contributed by atoms with Crippen LogP contribution in [0.4, 0.5) is 0 Å². The number of benzene rings is 1. The summed E-state index contributed by atoms with van der Waals surface area (Å²) in [5.74, 6) is 0.00587. The Bertz CT molecular complexity index is 812. The van der Waals surface area contributed by atoms with Crippen molar-refractivity contribution in [2.75, 3.05) is 26.3 Å². The molecule has 0 aliphatic carbocycles. The summed E-state index contributed by atoms with van der Waals surface area (Å²) in [6.45, 7) is 2.53. The molecule has 0 unspecified atom stereocenters. The number of thiophene rings is 1. The Labute approximate surface area is 151 Å². The Hall–Kier alpha value is -1.74. The first-order valence-electron chi connectivity index (χ1n) is 8.02. The zero-order chi connectivity index (χ0) is 17.7. The average Bonchev–Trinajstić information content (AvgIpc) is 3.11. The number of hydrogen-bond acceptors (Lipinski definition) is 5. The molecule has 1 aliphatic rings. The van der Waals surface area contributed by atoms with Crippen molar-refractivity contribution in [3.05, 3.63) is 52.9 Å². The third kappa shape index (κ3) is 4.88. The van der Waals surface area contributed by atoms with E-state index in [2.05, 4.69) is 4.72 Å². The molecule has 25 heavy (non-hydrogen) atoms. The van der Waals surface area contributed by atoms with Gasteiger partial charge < -0.3 is 9.64 Å². The second kappa shape index (κ2) is 8.09. The fourth-order valence-electron chi connectivity index (χ4n) is 2.52. The quantitative estimate of drug-likeness (QED) is 0.826. The van der Waals surface area contributed by atoms with Crippen LogP contribution in [0.1, 0.15) is 10.4 Å². The van der Waals surface area contributed by atoms with E-state index in [0.717, 1.165) is 21.8 Å². The second-order valence-electron chi connectivity index (χ2n) is 5.70. The number of amides is 1. The number of morpholine rings is 1. The second-order valence-corrected chi connectivity index (χ2v) is 8.86. The number of rotatable bonds is 6. The Morgan fingerprint density at radius 1 is 1.12 bits per heavy atom. The van der Waals surface area contributed by atoms with Crippen molar-refractivity contribution in [3.63, 3.8) is 0 Å². The Morgan fingerprint density at radius 2 is 1.84 bits per heavy atom. The number of hydrogen-bond donors (Lipinski definition) is 1. The zero-order valence-corrected chi connectivity index (χ0v) is 15.3. The molecule has 1 amide bonds. The number of sulfonamides is 1. The maximum absolute atomic E-state index is 12.4. The van der Waals surface area contributed by atoms with Crippen LogP contribution in [0.3, 0.4) is 0 Å². The normalized spacial score (nSPS) is 15.3. The van der Waals surface area contributed by atoms with Gasteiger partial charge in [0.05, 0.1) is 19.6 Å². The van der Waals surface area contributed by atoms with E-state index < -0.39 is 10.0 Å². The lowest BCUT2D eigenvalue weighted by molar-refractivity contribution is -0.134. The molecule has 0 radical (unpaired) electrons. The molecular formula is C17H20N2O4S2. The minimum absolute atomic E-state index is 0.00587. The van der Waals surface area contributed by atoms with Crippen molar-refractivity contribution in [3.8, 4) is 0 Å². The highest BCUT2D eigenvalue weighted by Crippen LogP contribution is 2.22. The molecule has 1 aliphatic heterocycles. The lowest BCUT2D eigenvalue weighted by Crippen LogP contribution is -2.41. The first-order valence-corrected chi connectivity index (χ1v) is 10.3. The van der Waals surface area contributed by atoms with Crippen molar-refractivity contribution in [1.29, 1.82) is 0 Å². The molecule has 0 bridgehead atoms. The molecule has 1 fully saturated rings. The Morgan fingerprint density at radius 3 is 2.56 bits per heavy atom. The largest absolute Gasteiger partial charge is 0.378 e.